The third-order valence-electron chi connectivity index (χ3n) is 4.43. The molecule has 3 rings (SSSR count). The molecule has 0 fully saturated rings. The van der Waals surface area contributed by atoms with E-state index in [0.717, 1.165) is 33.7 Å². The van der Waals surface area contributed by atoms with E-state index in [9.17, 15) is 4.79 Å². The van der Waals surface area contributed by atoms with Gasteiger partial charge in [-0.05, 0) is 56.0 Å². The highest BCUT2D eigenvalue weighted by Gasteiger charge is 2.12. The maximum Gasteiger partial charge on any atom is 0.277 e. The van der Waals surface area contributed by atoms with Crippen molar-refractivity contribution >= 4 is 23.4 Å². The molecule has 0 saturated carbocycles. The number of anilines is 1. The third-order valence-corrected chi connectivity index (χ3v) is 5.25. The van der Waals surface area contributed by atoms with Crippen LogP contribution in [0.2, 0.25) is 0 Å². The van der Waals surface area contributed by atoms with Gasteiger partial charge in [0.05, 0.1) is 5.75 Å². The van der Waals surface area contributed by atoms with Gasteiger partial charge in [-0.1, -0.05) is 42.1 Å². The average molecular weight is 398 g/mol. The van der Waals surface area contributed by atoms with Crippen molar-refractivity contribution in [3.8, 4) is 5.75 Å². The van der Waals surface area contributed by atoms with Crippen molar-refractivity contribution in [2.45, 2.75) is 39.5 Å². The van der Waals surface area contributed by atoms with E-state index < -0.39 is 0 Å². The molecule has 0 spiro atoms. The SMILES string of the molecule is Cc1cccc(OCc2nnc(SCC(=O)Nc3c(C)cccc3C)o2)c1C. The fourth-order valence-electron chi connectivity index (χ4n) is 2.69. The Morgan fingerprint density at radius 3 is 2.46 bits per heavy atom. The minimum atomic E-state index is -0.117. The van der Waals surface area contributed by atoms with Crippen molar-refractivity contribution in [1.82, 2.24) is 10.2 Å². The smallest absolute Gasteiger partial charge is 0.277 e. The highest BCUT2D eigenvalue weighted by atomic mass is 32.2. The maximum atomic E-state index is 12.2. The Morgan fingerprint density at radius 1 is 1.04 bits per heavy atom. The second kappa shape index (κ2) is 8.93. The molecule has 0 radical (unpaired) electrons. The molecule has 6 nitrogen and oxygen atoms in total. The van der Waals surface area contributed by atoms with Gasteiger partial charge < -0.3 is 14.5 Å². The Bertz CT molecular complexity index is 965. The lowest BCUT2D eigenvalue weighted by Gasteiger charge is -2.10. The number of carbonyl (C=O) groups excluding carboxylic acids is 1. The van der Waals surface area contributed by atoms with Crippen LogP contribution in [0.5, 0.6) is 5.75 Å². The molecule has 1 aromatic heterocycles. The number of ether oxygens (including phenoxy) is 1. The van der Waals surface area contributed by atoms with E-state index >= 15 is 0 Å². The van der Waals surface area contributed by atoms with Gasteiger partial charge in [-0.15, -0.1) is 10.2 Å². The summed E-state index contributed by atoms with van der Waals surface area (Å²) in [6.45, 7) is 8.17. The van der Waals surface area contributed by atoms with Crippen LogP contribution in [0.25, 0.3) is 0 Å². The number of rotatable bonds is 7. The number of hydrogen-bond acceptors (Lipinski definition) is 6. The Hall–Kier alpha value is -2.80. The number of aryl methyl sites for hydroxylation is 3. The molecule has 3 aromatic rings. The lowest BCUT2D eigenvalue weighted by molar-refractivity contribution is -0.113. The number of thioether (sulfide) groups is 1. The van der Waals surface area contributed by atoms with Crippen LogP contribution in [0.15, 0.2) is 46.0 Å². The van der Waals surface area contributed by atoms with Crippen LogP contribution >= 0.6 is 11.8 Å². The van der Waals surface area contributed by atoms with Crippen molar-refractivity contribution in [2.75, 3.05) is 11.1 Å². The molecule has 1 N–H and O–H groups in total. The summed E-state index contributed by atoms with van der Waals surface area (Å²) in [6.07, 6.45) is 0. The highest BCUT2D eigenvalue weighted by molar-refractivity contribution is 7.99. The van der Waals surface area contributed by atoms with E-state index in [1.807, 2.05) is 64.1 Å². The number of carbonyl (C=O) groups is 1. The standard InChI is InChI=1S/C21H23N3O3S/c1-13-7-6-10-17(16(13)4)26-11-19-23-24-21(27-19)28-12-18(25)22-20-14(2)8-5-9-15(20)3/h5-10H,11-12H2,1-4H3,(H,22,25). The Labute approximate surface area is 168 Å². The number of nitrogens with zero attached hydrogens (tertiary/aromatic N) is 2. The zero-order valence-corrected chi connectivity index (χ0v) is 17.2. The predicted molar refractivity (Wildman–Crippen MR) is 110 cm³/mol. The molecule has 0 bridgehead atoms. The van der Waals surface area contributed by atoms with Crippen LogP contribution in [0, 0.1) is 27.7 Å². The molecule has 0 atom stereocenters. The van der Waals surface area contributed by atoms with Gasteiger partial charge in [-0.3, -0.25) is 4.79 Å². The molecule has 28 heavy (non-hydrogen) atoms. The van der Waals surface area contributed by atoms with Crippen molar-refractivity contribution in [1.29, 1.82) is 0 Å². The summed E-state index contributed by atoms with van der Waals surface area (Å²) in [4.78, 5) is 12.2. The van der Waals surface area contributed by atoms with Crippen molar-refractivity contribution in [3.05, 3.63) is 64.5 Å². The zero-order valence-electron chi connectivity index (χ0n) is 16.4. The second-order valence-corrected chi connectivity index (χ2v) is 7.48. The van der Waals surface area contributed by atoms with Gasteiger partial charge in [0.2, 0.25) is 5.91 Å². The first-order chi connectivity index (χ1) is 13.4. The van der Waals surface area contributed by atoms with E-state index in [1.165, 1.54) is 11.8 Å². The highest BCUT2D eigenvalue weighted by Crippen LogP contribution is 2.23. The molecule has 0 unspecified atom stereocenters. The van der Waals surface area contributed by atoms with E-state index in [1.54, 1.807) is 0 Å². The fraction of sp³-hybridized carbons (Fsp3) is 0.286. The fourth-order valence-corrected chi connectivity index (χ4v) is 3.27. The lowest BCUT2D eigenvalue weighted by Crippen LogP contribution is -2.15. The molecule has 1 heterocycles. The van der Waals surface area contributed by atoms with Crippen molar-refractivity contribution in [3.63, 3.8) is 0 Å². The van der Waals surface area contributed by atoms with Crippen LogP contribution < -0.4 is 10.1 Å². The van der Waals surface area contributed by atoms with Crippen LogP contribution in [0.3, 0.4) is 0 Å². The van der Waals surface area contributed by atoms with Crippen molar-refractivity contribution < 1.29 is 13.9 Å². The largest absolute Gasteiger partial charge is 0.484 e. The number of para-hydroxylation sites is 1. The summed E-state index contributed by atoms with van der Waals surface area (Å²) in [5.74, 6) is 1.24. The first-order valence-electron chi connectivity index (χ1n) is 8.94. The zero-order chi connectivity index (χ0) is 20.1. The Morgan fingerprint density at radius 2 is 1.71 bits per heavy atom. The quantitative estimate of drug-likeness (QED) is 0.587. The molecule has 0 aliphatic rings. The number of benzene rings is 2. The molecule has 0 aliphatic carbocycles. The van der Waals surface area contributed by atoms with Gasteiger partial charge in [-0.25, -0.2) is 0 Å². The Kier molecular flexibility index (Phi) is 6.36. The van der Waals surface area contributed by atoms with E-state index in [-0.39, 0.29) is 18.3 Å². The van der Waals surface area contributed by atoms with E-state index in [0.29, 0.717) is 11.1 Å². The van der Waals surface area contributed by atoms with Gasteiger partial charge >= 0.3 is 0 Å². The number of aromatic nitrogens is 2. The summed E-state index contributed by atoms with van der Waals surface area (Å²) < 4.78 is 11.3. The molecule has 2 aromatic carbocycles. The van der Waals surface area contributed by atoms with Crippen LogP contribution in [0.4, 0.5) is 5.69 Å². The molecule has 0 saturated heterocycles. The first kappa shape index (κ1) is 19.9. The summed E-state index contributed by atoms with van der Waals surface area (Å²) in [7, 11) is 0. The molecular weight excluding hydrogens is 374 g/mol. The lowest BCUT2D eigenvalue weighted by atomic mass is 10.1. The van der Waals surface area contributed by atoms with E-state index in [2.05, 4.69) is 15.5 Å². The summed E-state index contributed by atoms with van der Waals surface area (Å²) in [5.41, 5.74) is 5.15. The number of amides is 1. The van der Waals surface area contributed by atoms with Gasteiger partial charge in [0.15, 0.2) is 6.61 Å². The molecule has 7 heteroatoms. The average Bonchev–Trinajstić information content (AvgIpc) is 3.12. The second-order valence-electron chi connectivity index (χ2n) is 6.55. The predicted octanol–water partition coefficient (Wildman–Crippen LogP) is 4.61. The van der Waals surface area contributed by atoms with Crippen molar-refractivity contribution in [2.24, 2.45) is 0 Å². The minimum absolute atomic E-state index is 0.117. The van der Waals surface area contributed by atoms with Crippen LogP contribution in [-0.2, 0) is 11.4 Å². The minimum Gasteiger partial charge on any atom is -0.484 e. The maximum absolute atomic E-state index is 12.2. The molecule has 1 amide bonds. The van der Waals surface area contributed by atoms with Crippen LogP contribution in [-0.4, -0.2) is 21.9 Å². The summed E-state index contributed by atoms with van der Waals surface area (Å²) in [6, 6.07) is 11.8. The monoisotopic (exact) mass is 397 g/mol. The van der Waals surface area contributed by atoms with Gasteiger partial charge in [0.1, 0.15) is 5.75 Å². The Balaban J connectivity index is 1.52. The molecular formula is C21H23N3O3S. The van der Waals surface area contributed by atoms with Gasteiger partial charge in [0, 0.05) is 5.69 Å². The van der Waals surface area contributed by atoms with Crippen LogP contribution in [0.1, 0.15) is 28.1 Å². The van der Waals surface area contributed by atoms with Gasteiger partial charge in [-0.2, -0.15) is 0 Å². The number of nitrogens with one attached hydrogen (secondary N) is 1. The number of hydrogen-bond donors (Lipinski definition) is 1. The first-order valence-corrected chi connectivity index (χ1v) is 9.93. The van der Waals surface area contributed by atoms with E-state index in [4.69, 9.17) is 9.15 Å². The summed E-state index contributed by atoms with van der Waals surface area (Å²) in [5, 5.41) is 11.2. The summed E-state index contributed by atoms with van der Waals surface area (Å²) >= 11 is 1.20. The van der Waals surface area contributed by atoms with Gasteiger partial charge in [0.25, 0.3) is 11.1 Å². The molecule has 146 valence electrons. The third kappa shape index (κ3) is 4.92. The topological polar surface area (TPSA) is 77.2 Å². The normalized spacial score (nSPS) is 10.7. The molecule has 0 aliphatic heterocycles.